The molecule has 1 aromatic carbocycles. The summed E-state index contributed by atoms with van der Waals surface area (Å²) in [6.45, 7) is 8.65. The minimum Gasteiger partial charge on any atom is -0.348 e. The normalized spacial score (nSPS) is 22.3. The Morgan fingerprint density at radius 2 is 1.84 bits per heavy atom. The van der Waals surface area contributed by atoms with Crippen molar-refractivity contribution in [2.75, 3.05) is 6.54 Å². The van der Waals surface area contributed by atoms with E-state index >= 15 is 0 Å². The summed E-state index contributed by atoms with van der Waals surface area (Å²) >= 11 is 0. The highest BCUT2D eigenvalue weighted by molar-refractivity contribution is 7.89. The molecule has 2 heterocycles. The summed E-state index contributed by atoms with van der Waals surface area (Å²) in [5.74, 6) is -0.213. The van der Waals surface area contributed by atoms with E-state index in [0.29, 0.717) is 19.4 Å². The van der Waals surface area contributed by atoms with Gasteiger partial charge in [-0.3, -0.25) is 9.48 Å². The molecule has 1 saturated heterocycles. The van der Waals surface area contributed by atoms with Crippen LogP contribution < -0.4 is 5.32 Å². The molecule has 1 unspecified atom stereocenters. The number of nitrogens with one attached hydrogen (secondary N) is 1. The van der Waals surface area contributed by atoms with Gasteiger partial charge in [0.15, 0.2) is 0 Å². The van der Waals surface area contributed by atoms with Gasteiger partial charge in [0.05, 0.1) is 22.7 Å². The molecular formula is C23H32N4O3S. The Labute approximate surface area is 184 Å². The second kappa shape index (κ2) is 8.06. The third-order valence-electron chi connectivity index (χ3n) is 6.27. The Kier molecular flexibility index (Phi) is 5.72. The third-order valence-corrected chi connectivity index (χ3v) is 8.19. The average Bonchev–Trinajstić information content (AvgIpc) is 3.36. The van der Waals surface area contributed by atoms with Crippen LogP contribution in [0, 0.1) is 6.92 Å². The van der Waals surface area contributed by atoms with Gasteiger partial charge in [-0.2, -0.15) is 9.40 Å². The largest absolute Gasteiger partial charge is 0.348 e. The number of hydrogen-bond acceptors (Lipinski definition) is 4. The summed E-state index contributed by atoms with van der Waals surface area (Å²) in [6.07, 6.45) is 5.83. The number of hydrogen-bond donors (Lipinski definition) is 1. The van der Waals surface area contributed by atoms with Gasteiger partial charge in [-0.25, -0.2) is 8.42 Å². The Morgan fingerprint density at radius 3 is 2.52 bits per heavy atom. The van der Waals surface area contributed by atoms with Crippen molar-refractivity contribution in [3.8, 4) is 0 Å². The molecule has 0 spiro atoms. The van der Waals surface area contributed by atoms with Gasteiger partial charge < -0.3 is 5.32 Å². The van der Waals surface area contributed by atoms with Gasteiger partial charge in [-0.15, -0.1) is 0 Å². The molecule has 1 N–H and O–H groups in total. The van der Waals surface area contributed by atoms with E-state index in [1.807, 2.05) is 17.8 Å². The summed E-state index contributed by atoms with van der Waals surface area (Å²) in [5, 5.41) is 7.73. The smallest absolute Gasteiger partial charge is 0.243 e. The van der Waals surface area contributed by atoms with Crippen molar-refractivity contribution in [2.24, 2.45) is 0 Å². The number of aromatic nitrogens is 2. The molecule has 168 valence electrons. The summed E-state index contributed by atoms with van der Waals surface area (Å²) in [5.41, 5.74) is 3.10. The van der Waals surface area contributed by atoms with Gasteiger partial charge in [-0.05, 0) is 71.9 Å². The van der Waals surface area contributed by atoms with Crippen LogP contribution in [0.4, 0.5) is 0 Å². The predicted octanol–water partition coefficient (Wildman–Crippen LogP) is 3.29. The van der Waals surface area contributed by atoms with Crippen LogP contribution in [0.25, 0.3) is 0 Å². The van der Waals surface area contributed by atoms with E-state index in [4.69, 9.17) is 0 Å². The maximum atomic E-state index is 13.2. The minimum atomic E-state index is -3.71. The van der Waals surface area contributed by atoms with Crippen LogP contribution in [0.3, 0.4) is 0 Å². The van der Waals surface area contributed by atoms with Gasteiger partial charge in [0.2, 0.25) is 15.9 Å². The van der Waals surface area contributed by atoms with Crippen LogP contribution in [0.2, 0.25) is 0 Å². The maximum Gasteiger partial charge on any atom is 0.243 e. The van der Waals surface area contributed by atoms with E-state index in [1.54, 1.807) is 24.3 Å². The molecule has 2 atom stereocenters. The monoisotopic (exact) mass is 444 g/mol. The summed E-state index contributed by atoms with van der Waals surface area (Å²) < 4.78 is 29.8. The molecular weight excluding hydrogens is 412 g/mol. The molecule has 1 amide bonds. The van der Waals surface area contributed by atoms with Gasteiger partial charge in [0, 0.05) is 17.8 Å². The van der Waals surface area contributed by atoms with Crippen molar-refractivity contribution < 1.29 is 13.2 Å². The second-order valence-electron chi connectivity index (χ2n) is 9.67. The van der Waals surface area contributed by atoms with Crippen molar-refractivity contribution in [3.05, 3.63) is 47.3 Å². The van der Waals surface area contributed by atoms with E-state index < -0.39 is 16.1 Å². The standard InChI is InChI=1S/C23H32N4O3S/c1-16-10-12-17(13-11-16)31(29,30)26-14-6-9-21(26)22(28)25-19-7-5-8-20-18(19)15-24-27(20)23(2,3)4/h10-13,15,19,21H,5-9,14H2,1-4H3,(H,25,28)/t19?,21-/m0/s1. The van der Waals surface area contributed by atoms with E-state index in [-0.39, 0.29) is 22.4 Å². The zero-order valence-electron chi connectivity index (χ0n) is 18.8. The second-order valence-corrected chi connectivity index (χ2v) is 11.6. The zero-order chi connectivity index (χ0) is 22.4. The number of benzene rings is 1. The van der Waals surface area contributed by atoms with Crippen LogP contribution in [-0.4, -0.2) is 41.0 Å². The fourth-order valence-electron chi connectivity index (χ4n) is 4.69. The summed E-state index contributed by atoms with van der Waals surface area (Å²) in [4.78, 5) is 13.5. The molecule has 1 aliphatic carbocycles. The van der Waals surface area contributed by atoms with E-state index in [1.165, 1.54) is 10.00 Å². The fourth-order valence-corrected chi connectivity index (χ4v) is 6.34. The van der Waals surface area contributed by atoms with Crippen molar-refractivity contribution in [1.29, 1.82) is 0 Å². The van der Waals surface area contributed by atoms with Crippen LogP contribution in [0.5, 0.6) is 0 Å². The van der Waals surface area contributed by atoms with Gasteiger partial charge in [-0.1, -0.05) is 17.7 Å². The number of aryl methyl sites for hydroxylation is 1. The summed E-state index contributed by atoms with van der Waals surface area (Å²) in [7, 11) is -3.71. The highest BCUT2D eigenvalue weighted by Crippen LogP contribution is 2.33. The fraction of sp³-hybridized carbons (Fsp3) is 0.565. The number of fused-ring (bicyclic) bond motifs is 1. The molecule has 1 fully saturated rings. The van der Waals surface area contributed by atoms with Gasteiger partial charge >= 0.3 is 0 Å². The SMILES string of the molecule is Cc1ccc(S(=O)(=O)N2CCC[C@H]2C(=O)NC2CCCc3c2cnn3C(C)(C)C)cc1. The highest BCUT2D eigenvalue weighted by Gasteiger charge is 2.40. The summed E-state index contributed by atoms with van der Waals surface area (Å²) in [6, 6.07) is 6.01. The molecule has 0 radical (unpaired) electrons. The van der Waals surface area contributed by atoms with Crippen LogP contribution in [-0.2, 0) is 26.8 Å². The van der Waals surface area contributed by atoms with Crippen LogP contribution in [0.15, 0.2) is 35.4 Å². The van der Waals surface area contributed by atoms with Crippen molar-refractivity contribution in [3.63, 3.8) is 0 Å². The lowest BCUT2D eigenvalue weighted by Crippen LogP contribution is -2.47. The molecule has 2 aromatic rings. The van der Waals surface area contributed by atoms with Crippen LogP contribution >= 0.6 is 0 Å². The van der Waals surface area contributed by atoms with Crippen LogP contribution in [0.1, 0.15) is 69.3 Å². The molecule has 0 bridgehead atoms. The number of amides is 1. The maximum absolute atomic E-state index is 13.2. The van der Waals surface area contributed by atoms with Gasteiger partial charge in [0.1, 0.15) is 6.04 Å². The molecule has 2 aliphatic rings. The Morgan fingerprint density at radius 1 is 1.13 bits per heavy atom. The molecule has 0 saturated carbocycles. The first-order chi connectivity index (χ1) is 14.6. The first-order valence-electron chi connectivity index (χ1n) is 11.1. The molecule has 1 aromatic heterocycles. The molecule has 7 nitrogen and oxygen atoms in total. The first-order valence-corrected chi connectivity index (χ1v) is 12.5. The van der Waals surface area contributed by atoms with Crippen molar-refractivity contribution in [2.45, 2.75) is 82.3 Å². The number of nitrogens with zero attached hydrogens (tertiary/aromatic N) is 3. The van der Waals surface area contributed by atoms with E-state index in [2.05, 4.69) is 31.2 Å². The number of carbonyl (C=O) groups excluding carboxylic acids is 1. The number of carbonyl (C=O) groups is 1. The average molecular weight is 445 g/mol. The zero-order valence-corrected chi connectivity index (χ0v) is 19.6. The lowest BCUT2D eigenvalue weighted by atomic mass is 9.92. The predicted molar refractivity (Wildman–Crippen MR) is 119 cm³/mol. The third kappa shape index (κ3) is 4.15. The number of sulfonamides is 1. The van der Waals surface area contributed by atoms with Crippen molar-refractivity contribution >= 4 is 15.9 Å². The Hall–Kier alpha value is -2.19. The Bertz CT molecular complexity index is 1070. The minimum absolute atomic E-state index is 0.121. The lowest BCUT2D eigenvalue weighted by Gasteiger charge is -2.30. The lowest BCUT2D eigenvalue weighted by molar-refractivity contribution is -0.125. The molecule has 4 rings (SSSR count). The van der Waals surface area contributed by atoms with Crippen molar-refractivity contribution in [1.82, 2.24) is 19.4 Å². The highest BCUT2D eigenvalue weighted by atomic mass is 32.2. The quantitative estimate of drug-likeness (QED) is 0.784. The molecule has 1 aliphatic heterocycles. The topological polar surface area (TPSA) is 84.3 Å². The van der Waals surface area contributed by atoms with Gasteiger partial charge in [0.25, 0.3) is 0 Å². The van der Waals surface area contributed by atoms with E-state index in [0.717, 1.165) is 30.4 Å². The molecule has 8 heteroatoms. The van der Waals surface area contributed by atoms with E-state index in [9.17, 15) is 13.2 Å². The Balaban J connectivity index is 1.54. The number of rotatable bonds is 4. The first kappa shape index (κ1) is 22.0. The molecule has 31 heavy (non-hydrogen) atoms.